The van der Waals surface area contributed by atoms with Gasteiger partial charge in [0.15, 0.2) is 11.5 Å². The maximum atomic E-state index is 13.4. The fourth-order valence-corrected chi connectivity index (χ4v) is 1.67. The predicted molar refractivity (Wildman–Crippen MR) is 69.1 cm³/mol. The molecule has 0 bridgehead atoms. The first-order chi connectivity index (χ1) is 9.18. The van der Waals surface area contributed by atoms with Crippen LogP contribution in [-0.2, 0) is 6.42 Å². The normalized spacial score (nSPS) is 10.2. The number of amides is 1. The van der Waals surface area contributed by atoms with Crippen LogP contribution in [0.3, 0.4) is 0 Å². The molecule has 2 aromatic rings. The van der Waals surface area contributed by atoms with Crippen LogP contribution in [0.5, 0.6) is 0 Å². The Morgan fingerprint density at radius 1 is 1.26 bits per heavy atom. The SMILES string of the molecule is CN(CCc1ccncc1)C(=O)c1ncccc1F. The number of hydrogen-bond acceptors (Lipinski definition) is 3. The summed E-state index contributed by atoms with van der Waals surface area (Å²) in [7, 11) is 1.64. The summed E-state index contributed by atoms with van der Waals surface area (Å²) in [5, 5.41) is 0. The topological polar surface area (TPSA) is 46.1 Å². The minimum atomic E-state index is -0.594. The van der Waals surface area contributed by atoms with Gasteiger partial charge in [0, 0.05) is 32.2 Å². The average molecular weight is 259 g/mol. The molecule has 0 N–H and O–H groups in total. The van der Waals surface area contributed by atoms with E-state index in [0.717, 1.165) is 5.56 Å². The molecule has 5 heteroatoms. The van der Waals surface area contributed by atoms with Crippen LogP contribution in [0, 0.1) is 5.82 Å². The second-order valence-electron chi connectivity index (χ2n) is 4.17. The first-order valence-electron chi connectivity index (χ1n) is 5.93. The molecular weight excluding hydrogens is 245 g/mol. The van der Waals surface area contributed by atoms with Crippen LogP contribution in [0.1, 0.15) is 16.1 Å². The van der Waals surface area contributed by atoms with Crippen LogP contribution in [0.25, 0.3) is 0 Å². The minimum Gasteiger partial charge on any atom is -0.340 e. The molecule has 0 fully saturated rings. The lowest BCUT2D eigenvalue weighted by atomic mass is 10.2. The van der Waals surface area contributed by atoms with Gasteiger partial charge in [-0.05, 0) is 36.2 Å². The Labute approximate surface area is 110 Å². The quantitative estimate of drug-likeness (QED) is 0.842. The molecule has 1 amide bonds. The minimum absolute atomic E-state index is 0.139. The molecular formula is C14H14FN3O. The lowest BCUT2D eigenvalue weighted by Gasteiger charge is -2.16. The first kappa shape index (κ1) is 13.1. The molecule has 0 saturated carbocycles. The zero-order valence-electron chi connectivity index (χ0n) is 10.6. The first-order valence-corrected chi connectivity index (χ1v) is 5.93. The van der Waals surface area contributed by atoms with Crippen molar-refractivity contribution in [3.8, 4) is 0 Å². The van der Waals surface area contributed by atoms with Crippen LogP contribution in [0.2, 0.25) is 0 Å². The predicted octanol–water partition coefficient (Wildman–Crippen LogP) is 1.93. The molecule has 0 aromatic carbocycles. The molecule has 0 unspecified atom stereocenters. The van der Waals surface area contributed by atoms with Gasteiger partial charge >= 0.3 is 0 Å². The largest absolute Gasteiger partial charge is 0.340 e. The monoisotopic (exact) mass is 259 g/mol. The molecule has 98 valence electrons. The lowest BCUT2D eigenvalue weighted by molar-refractivity contribution is 0.0785. The summed E-state index contributed by atoms with van der Waals surface area (Å²) < 4.78 is 13.4. The molecule has 0 spiro atoms. The van der Waals surface area contributed by atoms with Crippen molar-refractivity contribution >= 4 is 5.91 Å². The van der Waals surface area contributed by atoms with Gasteiger partial charge in [-0.3, -0.25) is 9.78 Å². The van der Waals surface area contributed by atoms with Crippen LogP contribution in [-0.4, -0.2) is 34.4 Å². The van der Waals surface area contributed by atoms with Crippen molar-refractivity contribution in [3.63, 3.8) is 0 Å². The van der Waals surface area contributed by atoms with Gasteiger partial charge in [0.05, 0.1) is 0 Å². The molecule has 19 heavy (non-hydrogen) atoms. The average Bonchev–Trinajstić information content (AvgIpc) is 2.45. The van der Waals surface area contributed by atoms with Crippen molar-refractivity contribution < 1.29 is 9.18 Å². The fraction of sp³-hybridized carbons (Fsp3) is 0.214. The summed E-state index contributed by atoms with van der Waals surface area (Å²) in [5.74, 6) is -1.00. The van der Waals surface area contributed by atoms with Gasteiger partial charge in [-0.1, -0.05) is 0 Å². The summed E-state index contributed by atoms with van der Waals surface area (Å²) in [4.78, 5) is 21.2. The smallest absolute Gasteiger partial charge is 0.275 e. The third kappa shape index (κ3) is 3.34. The maximum absolute atomic E-state index is 13.4. The summed E-state index contributed by atoms with van der Waals surface area (Å²) in [5.41, 5.74) is 0.941. The molecule has 0 radical (unpaired) electrons. The molecule has 2 heterocycles. The Kier molecular flexibility index (Phi) is 4.18. The molecule has 2 rings (SSSR count). The Bertz CT molecular complexity index is 560. The van der Waals surface area contributed by atoms with Gasteiger partial charge in [-0.2, -0.15) is 0 Å². The summed E-state index contributed by atoms with van der Waals surface area (Å²) in [6, 6.07) is 6.47. The highest BCUT2D eigenvalue weighted by molar-refractivity contribution is 5.92. The number of nitrogens with zero attached hydrogens (tertiary/aromatic N) is 3. The summed E-state index contributed by atoms with van der Waals surface area (Å²) in [6.07, 6.45) is 5.51. The number of rotatable bonds is 4. The van der Waals surface area contributed by atoms with Crippen molar-refractivity contribution in [1.82, 2.24) is 14.9 Å². The molecule has 0 aliphatic rings. The molecule has 0 saturated heterocycles. The van der Waals surface area contributed by atoms with Crippen molar-refractivity contribution in [1.29, 1.82) is 0 Å². The van der Waals surface area contributed by atoms with Crippen LogP contribution >= 0.6 is 0 Å². The highest BCUT2D eigenvalue weighted by Crippen LogP contribution is 2.07. The van der Waals surface area contributed by atoms with E-state index < -0.39 is 11.7 Å². The Morgan fingerprint density at radius 2 is 2.00 bits per heavy atom. The molecule has 2 aromatic heterocycles. The number of likely N-dealkylation sites (N-methyl/N-ethyl adjacent to an activating group) is 1. The third-order valence-electron chi connectivity index (χ3n) is 2.79. The van der Waals surface area contributed by atoms with E-state index in [2.05, 4.69) is 9.97 Å². The van der Waals surface area contributed by atoms with Gasteiger partial charge in [-0.15, -0.1) is 0 Å². The Morgan fingerprint density at radius 3 is 2.68 bits per heavy atom. The highest BCUT2D eigenvalue weighted by Gasteiger charge is 2.16. The van der Waals surface area contributed by atoms with Gasteiger partial charge < -0.3 is 4.90 Å². The van der Waals surface area contributed by atoms with E-state index >= 15 is 0 Å². The molecule has 0 aliphatic carbocycles. The number of hydrogen-bond donors (Lipinski definition) is 0. The number of carbonyl (C=O) groups excluding carboxylic acids is 1. The van der Waals surface area contributed by atoms with E-state index in [9.17, 15) is 9.18 Å². The Hall–Kier alpha value is -2.30. The van der Waals surface area contributed by atoms with E-state index in [1.807, 2.05) is 12.1 Å². The zero-order chi connectivity index (χ0) is 13.7. The van der Waals surface area contributed by atoms with E-state index in [-0.39, 0.29) is 5.69 Å². The van der Waals surface area contributed by atoms with E-state index in [0.29, 0.717) is 13.0 Å². The zero-order valence-corrected chi connectivity index (χ0v) is 10.6. The fourth-order valence-electron chi connectivity index (χ4n) is 1.67. The highest BCUT2D eigenvalue weighted by atomic mass is 19.1. The third-order valence-corrected chi connectivity index (χ3v) is 2.79. The van der Waals surface area contributed by atoms with Crippen LogP contribution in [0.15, 0.2) is 42.9 Å². The Balaban J connectivity index is 1.99. The van der Waals surface area contributed by atoms with Crippen molar-refractivity contribution in [2.24, 2.45) is 0 Å². The van der Waals surface area contributed by atoms with E-state index in [4.69, 9.17) is 0 Å². The van der Waals surface area contributed by atoms with Crippen molar-refractivity contribution in [3.05, 3.63) is 59.9 Å². The standard InChI is InChI=1S/C14H14FN3O/c1-18(10-6-11-4-8-16-9-5-11)14(19)13-12(15)3-2-7-17-13/h2-5,7-9H,6,10H2,1H3. The molecule has 0 atom stereocenters. The number of carbonyl (C=O) groups is 1. The van der Waals surface area contributed by atoms with E-state index in [1.165, 1.54) is 23.2 Å². The number of pyridine rings is 2. The number of aromatic nitrogens is 2. The molecule has 0 aliphatic heterocycles. The van der Waals surface area contributed by atoms with E-state index in [1.54, 1.807) is 19.4 Å². The second-order valence-corrected chi connectivity index (χ2v) is 4.17. The van der Waals surface area contributed by atoms with Crippen molar-refractivity contribution in [2.45, 2.75) is 6.42 Å². The summed E-state index contributed by atoms with van der Waals surface area (Å²) in [6.45, 7) is 0.499. The maximum Gasteiger partial charge on any atom is 0.275 e. The lowest BCUT2D eigenvalue weighted by Crippen LogP contribution is -2.30. The van der Waals surface area contributed by atoms with Gasteiger partial charge in [0.1, 0.15) is 0 Å². The van der Waals surface area contributed by atoms with Crippen molar-refractivity contribution in [2.75, 3.05) is 13.6 Å². The van der Waals surface area contributed by atoms with Gasteiger partial charge in [0.2, 0.25) is 0 Å². The second kappa shape index (κ2) is 6.04. The number of halogens is 1. The summed E-state index contributed by atoms with van der Waals surface area (Å²) >= 11 is 0. The molecule has 4 nitrogen and oxygen atoms in total. The van der Waals surface area contributed by atoms with Crippen LogP contribution in [0.4, 0.5) is 4.39 Å². The van der Waals surface area contributed by atoms with Gasteiger partial charge in [0.25, 0.3) is 5.91 Å². The van der Waals surface area contributed by atoms with Crippen LogP contribution < -0.4 is 0 Å². The van der Waals surface area contributed by atoms with Gasteiger partial charge in [-0.25, -0.2) is 9.37 Å².